The molecule has 1 saturated heterocycles. The molecule has 2 aliphatic heterocycles. The quantitative estimate of drug-likeness (QED) is 0.740. The molecule has 1 spiro atoms. The van der Waals surface area contributed by atoms with Gasteiger partial charge in [-0.2, -0.15) is 5.26 Å². The summed E-state index contributed by atoms with van der Waals surface area (Å²) >= 11 is 0. The summed E-state index contributed by atoms with van der Waals surface area (Å²) in [5.74, 6) is 1.16. The molecule has 5 nitrogen and oxygen atoms in total. The van der Waals surface area contributed by atoms with E-state index in [0.29, 0.717) is 17.8 Å². The van der Waals surface area contributed by atoms with E-state index in [9.17, 15) is 10.1 Å². The number of hydrogen-bond donors (Lipinski definition) is 1. The summed E-state index contributed by atoms with van der Waals surface area (Å²) < 4.78 is 0. The van der Waals surface area contributed by atoms with E-state index in [2.05, 4.69) is 30.1 Å². The zero-order valence-corrected chi connectivity index (χ0v) is 12.9. The van der Waals surface area contributed by atoms with Gasteiger partial charge in [0, 0.05) is 13.1 Å². The molecule has 1 aliphatic carbocycles. The number of guanidine groups is 1. The average molecular weight is 288 g/mol. The lowest BCUT2D eigenvalue weighted by molar-refractivity contribution is -0.124. The number of likely N-dealkylation sites (tertiary alicyclic amines) is 1. The van der Waals surface area contributed by atoms with Gasteiger partial charge < -0.3 is 4.90 Å². The van der Waals surface area contributed by atoms with Crippen LogP contribution < -0.4 is 5.32 Å². The molecular formula is C16H24N4O. The summed E-state index contributed by atoms with van der Waals surface area (Å²) in [7, 11) is 0. The van der Waals surface area contributed by atoms with Crippen LogP contribution in [-0.2, 0) is 4.79 Å². The molecule has 21 heavy (non-hydrogen) atoms. The van der Waals surface area contributed by atoms with E-state index in [-0.39, 0.29) is 5.91 Å². The van der Waals surface area contributed by atoms with Crippen molar-refractivity contribution >= 4 is 11.9 Å². The van der Waals surface area contributed by atoms with Crippen molar-refractivity contribution in [2.75, 3.05) is 13.1 Å². The van der Waals surface area contributed by atoms with Crippen LogP contribution in [0.25, 0.3) is 0 Å². The number of carbonyl (C=O) groups excluding carboxylic acids is 1. The molecule has 0 bridgehead atoms. The predicted molar refractivity (Wildman–Crippen MR) is 80.4 cm³/mol. The maximum Gasteiger partial charge on any atom is 0.246 e. The van der Waals surface area contributed by atoms with Crippen molar-refractivity contribution in [3.05, 3.63) is 0 Å². The van der Waals surface area contributed by atoms with Gasteiger partial charge in [0.2, 0.25) is 11.9 Å². The molecule has 3 atom stereocenters. The molecule has 0 aromatic rings. The van der Waals surface area contributed by atoms with E-state index < -0.39 is 11.5 Å². The summed E-state index contributed by atoms with van der Waals surface area (Å²) in [5, 5.41) is 12.3. The van der Waals surface area contributed by atoms with Gasteiger partial charge >= 0.3 is 0 Å². The number of rotatable bonds is 0. The van der Waals surface area contributed by atoms with Crippen LogP contribution in [0.2, 0.25) is 0 Å². The van der Waals surface area contributed by atoms with Crippen molar-refractivity contribution in [3.63, 3.8) is 0 Å². The molecule has 3 unspecified atom stereocenters. The topological polar surface area (TPSA) is 68.5 Å². The Balaban J connectivity index is 1.90. The molecule has 2 fully saturated rings. The lowest BCUT2D eigenvalue weighted by atomic mass is 9.82. The second kappa shape index (κ2) is 5.32. The monoisotopic (exact) mass is 288 g/mol. The number of nitrogens with one attached hydrogen (secondary N) is 1. The minimum Gasteiger partial charge on any atom is -0.342 e. The molecule has 114 valence electrons. The first-order chi connectivity index (χ1) is 10.0. The minimum atomic E-state index is -0.622. The number of nitriles is 1. The predicted octanol–water partition coefficient (Wildman–Crippen LogP) is 1.90. The molecule has 1 N–H and O–H groups in total. The van der Waals surface area contributed by atoms with E-state index in [4.69, 9.17) is 4.99 Å². The first-order valence-corrected chi connectivity index (χ1v) is 8.09. The number of hydrogen-bond acceptors (Lipinski definition) is 4. The Kier molecular flexibility index (Phi) is 3.64. The van der Waals surface area contributed by atoms with E-state index in [1.54, 1.807) is 0 Å². The Morgan fingerprint density at radius 1 is 1.29 bits per heavy atom. The molecule has 3 rings (SSSR count). The van der Waals surface area contributed by atoms with Gasteiger partial charge in [-0.15, -0.1) is 0 Å². The van der Waals surface area contributed by atoms with Crippen molar-refractivity contribution in [1.29, 1.82) is 5.26 Å². The third-order valence-corrected chi connectivity index (χ3v) is 5.13. The Morgan fingerprint density at radius 2 is 1.90 bits per heavy atom. The fraction of sp³-hybridized carbons (Fsp3) is 0.812. The maximum absolute atomic E-state index is 12.4. The van der Waals surface area contributed by atoms with Crippen LogP contribution in [0.5, 0.6) is 0 Å². The molecule has 1 amide bonds. The minimum absolute atomic E-state index is 0.157. The summed E-state index contributed by atoms with van der Waals surface area (Å²) in [6, 6.07) is 2.19. The van der Waals surface area contributed by atoms with E-state index in [0.717, 1.165) is 38.8 Å². The van der Waals surface area contributed by atoms with Crippen LogP contribution >= 0.6 is 0 Å². The highest BCUT2D eigenvalue weighted by Gasteiger charge is 2.49. The molecule has 3 aliphatic rings. The number of piperidine rings is 1. The van der Waals surface area contributed by atoms with Gasteiger partial charge in [-0.05, 0) is 31.1 Å². The maximum atomic E-state index is 12.4. The Labute approximate surface area is 126 Å². The van der Waals surface area contributed by atoms with Gasteiger partial charge in [0.1, 0.15) is 0 Å². The fourth-order valence-electron chi connectivity index (χ4n) is 4.28. The van der Waals surface area contributed by atoms with E-state index in [1.165, 1.54) is 6.42 Å². The zero-order chi connectivity index (χ0) is 15.0. The van der Waals surface area contributed by atoms with Crippen LogP contribution in [0, 0.1) is 29.1 Å². The second-order valence-electron chi connectivity index (χ2n) is 7.15. The molecule has 0 aromatic heterocycles. The highest BCUT2D eigenvalue weighted by Crippen LogP contribution is 2.41. The SMILES string of the molecule is CC1CC(C)CN(C2=NC3(CCCC3)C(C#N)C(=O)N2)C1. The number of aliphatic imine (C=N–C) groups is 1. The summed E-state index contributed by atoms with van der Waals surface area (Å²) in [5.41, 5.74) is -0.462. The number of amides is 1. The van der Waals surface area contributed by atoms with Crippen molar-refractivity contribution in [1.82, 2.24) is 10.2 Å². The van der Waals surface area contributed by atoms with Crippen LogP contribution in [0.15, 0.2) is 4.99 Å². The summed E-state index contributed by atoms with van der Waals surface area (Å²) in [6.45, 7) is 6.38. The first-order valence-electron chi connectivity index (χ1n) is 8.09. The largest absolute Gasteiger partial charge is 0.342 e. The van der Waals surface area contributed by atoms with Crippen molar-refractivity contribution in [3.8, 4) is 6.07 Å². The molecular weight excluding hydrogens is 264 g/mol. The lowest BCUT2D eigenvalue weighted by Gasteiger charge is -2.41. The highest BCUT2D eigenvalue weighted by molar-refractivity contribution is 6.02. The standard InChI is InChI=1S/C16H24N4O/c1-11-7-12(2)10-20(9-11)15-18-14(21)13(8-17)16(19-15)5-3-4-6-16/h11-13H,3-7,9-10H2,1-2H3,(H,18,19,21). The summed E-state index contributed by atoms with van der Waals surface area (Å²) in [4.78, 5) is 19.5. The second-order valence-corrected chi connectivity index (χ2v) is 7.15. The number of carbonyl (C=O) groups is 1. The summed E-state index contributed by atoms with van der Waals surface area (Å²) in [6.07, 6.45) is 5.08. The average Bonchev–Trinajstić information content (AvgIpc) is 2.86. The van der Waals surface area contributed by atoms with Crippen molar-refractivity contribution < 1.29 is 4.79 Å². The Hall–Kier alpha value is -1.57. The van der Waals surface area contributed by atoms with Crippen molar-refractivity contribution in [2.45, 2.75) is 51.5 Å². The normalized spacial score (nSPS) is 35.3. The van der Waals surface area contributed by atoms with Crippen molar-refractivity contribution in [2.24, 2.45) is 22.7 Å². The Morgan fingerprint density at radius 3 is 2.48 bits per heavy atom. The molecule has 1 saturated carbocycles. The third-order valence-electron chi connectivity index (χ3n) is 5.13. The molecule has 0 aromatic carbocycles. The molecule has 5 heteroatoms. The van der Waals surface area contributed by atoms with Gasteiger partial charge in [0.25, 0.3) is 0 Å². The van der Waals surface area contributed by atoms with Crippen LogP contribution in [0.4, 0.5) is 0 Å². The zero-order valence-electron chi connectivity index (χ0n) is 12.9. The lowest BCUT2D eigenvalue weighted by Crippen LogP contribution is -2.58. The van der Waals surface area contributed by atoms with Gasteiger partial charge in [-0.25, -0.2) is 4.99 Å². The highest BCUT2D eigenvalue weighted by atomic mass is 16.2. The van der Waals surface area contributed by atoms with Gasteiger partial charge in [0.15, 0.2) is 5.92 Å². The van der Waals surface area contributed by atoms with Gasteiger partial charge in [-0.1, -0.05) is 26.7 Å². The first kappa shape index (κ1) is 14.4. The fourth-order valence-corrected chi connectivity index (χ4v) is 4.28. The third kappa shape index (κ3) is 2.52. The Bertz CT molecular complexity index is 491. The van der Waals surface area contributed by atoms with Crippen LogP contribution in [-0.4, -0.2) is 35.4 Å². The van der Waals surface area contributed by atoms with E-state index in [1.807, 2.05) is 0 Å². The smallest absolute Gasteiger partial charge is 0.246 e. The van der Waals surface area contributed by atoms with Gasteiger partial charge in [-0.3, -0.25) is 10.1 Å². The molecule has 0 radical (unpaired) electrons. The van der Waals surface area contributed by atoms with Gasteiger partial charge in [0.05, 0.1) is 11.6 Å². The van der Waals surface area contributed by atoms with Crippen LogP contribution in [0.1, 0.15) is 46.0 Å². The molecule has 2 heterocycles. The van der Waals surface area contributed by atoms with E-state index >= 15 is 0 Å². The van der Waals surface area contributed by atoms with Crippen LogP contribution in [0.3, 0.4) is 0 Å². The number of nitrogens with zero attached hydrogens (tertiary/aromatic N) is 3.